The molecule has 0 atom stereocenters. The molecule has 0 aliphatic carbocycles. The number of benzene rings is 1. The van der Waals surface area contributed by atoms with Crippen molar-refractivity contribution >= 4 is 15.9 Å². The van der Waals surface area contributed by atoms with E-state index in [4.69, 9.17) is 0 Å². The summed E-state index contributed by atoms with van der Waals surface area (Å²) in [5, 5.41) is -0.555. The number of alkyl halides is 7. The minimum Gasteiger partial charge on any atom is -0.497 e. The first kappa shape index (κ1) is 15.1. The second-order valence-corrected chi connectivity index (χ2v) is 3.89. The quantitative estimate of drug-likeness (QED) is 0.565. The van der Waals surface area contributed by atoms with Crippen molar-refractivity contribution in [1.29, 1.82) is 0 Å². The van der Waals surface area contributed by atoms with Crippen LogP contribution in [-0.4, -0.2) is 7.11 Å². The molecule has 0 aromatic heterocycles. The maximum atomic E-state index is 12.7. The number of hydrogen-bond donors (Lipinski definition) is 0. The molecule has 0 aliphatic heterocycles. The fraction of sp³-hybridized carbons (Fsp3) is 0.400. The third-order valence-corrected chi connectivity index (χ3v) is 2.76. The molecule has 1 aromatic rings. The molecule has 0 spiro atoms. The predicted octanol–water partition coefficient (Wildman–Crippen LogP) is 4.63. The molecule has 0 fully saturated rings. The maximum Gasteiger partial charge on any atom is 0.416 e. The molecule has 1 aromatic carbocycles. The van der Waals surface area contributed by atoms with E-state index in [0.717, 1.165) is 7.11 Å². The van der Waals surface area contributed by atoms with Gasteiger partial charge in [-0.05, 0) is 17.7 Å². The van der Waals surface area contributed by atoms with Crippen LogP contribution in [0.5, 0.6) is 5.75 Å². The van der Waals surface area contributed by atoms with Crippen LogP contribution in [0.1, 0.15) is 16.7 Å². The molecular weight excluding hydrogens is 330 g/mol. The van der Waals surface area contributed by atoms with Gasteiger partial charge in [-0.15, -0.1) is 0 Å². The van der Waals surface area contributed by atoms with E-state index in [1.165, 1.54) is 0 Å². The smallest absolute Gasteiger partial charge is 0.416 e. The van der Waals surface area contributed by atoms with Gasteiger partial charge in [-0.3, -0.25) is 0 Å². The highest BCUT2D eigenvalue weighted by Gasteiger charge is 2.41. The molecule has 0 N–H and O–H groups in total. The molecule has 1 rings (SSSR count). The Hall–Kier alpha value is -0.920. The normalized spacial score (nSPS) is 12.7. The van der Waals surface area contributed by atoms with E-state index in [2.05, 4.69) is 20.7 Å². The van der Waals surface area contributed by atoms with Gasteiger partial charge in [0.15, 0.2) is 0 Å². The van der Waals surface area contributed by atoms with Crippen LogP contribution in [0.2, 0.25) is 0 Å². The molecule has 0 aliphatic rings. The molecule has 0 heterocycles. The Morgan fingerprint density at radius 3 is 1.61 bits per heavy atom. The van der Waals surface area contributed by atoms with E-state index in [9.17, 15) is 26.3 Å². The monoisotopic (exact) mass is 336 g/mol. The van der Waals surface area contributed by atoms with Crippen molar-refractivity contribution < 1.29 is 31.1 Å². The van der Waals surface area contributed by atoms with Crippen molar-refractivity contribution in [1.82, 2.24) is 0 Å². The molecular formula is C10H7BrF6O. The van der Waals surface area contributed by atoms with Crippen molar-refractivity contribution in [2.75, 3.05) is 7.11 Å². The Balaban J connectivity index is 3.61. The lowest BCUT2D eigenvalue weighted by Crippen LogP contribution is -2.16. The zero-order valence-electron chi connectivity index (χ0n) is 8.92. The summed E-state index contributed by atoms with van der Waals surface area (Å²) < 4.78 is 80.5. The van der Waals surface area contributed by atoms with Crippen molar-refractivity contribution in [3.63, 3.8) is 0 Å². The fourth-order valence-electron chi connectivity index (χ4n) is 1.41. The van der Waals surface area contributed by atoms with Crippen LogP contribution in [0.15, 0.2) is 12.1 Å². The summed E-state index contributed by atoms with van der Waals surface area (Å²) >= 11 is 2.65. The van der Waals surface area contributed by atoms with Crippen molar-refractivity contribution in [3.05, 3.63) is 28.8 Å². The molecule has 0 unspecified atom stereocenters. The minimum absolute atomic E-state index is 0.487. The summed E-state index contributed by atoms with van der Waals surface area (Å²) in [6, 6.07) is 1.09. The molecule has 0 saturated heterocycles. The van der Waals surface area contributed by atoms with Gasteiger partial charge in [0, 0.05) is 5.33 Å². The Labute approximate surface area is 107 Å². The van der Waals surface area contributed by atoms with E-state index in [-0.39, 0.29) is 0 Å². The summed E-state index contributed by atoms with van der Waals surface area (Å²) in [6.07, 6.45) is -9.75. The van der Waals surface area contributed by atoms with Gasteiger partial charge in [0.05, 0.1) is 18.2 Å². The molecule has 0 amide bonds. The second kappa shape index (κ2) is 4.99. The van der Waals surface area contributed by atoms with Gasteiger partial charge >= 0.3 is 12.4 Å². The highest BCUT2D eigenvalue weighted by molar-refractivity contribution is 9.08. The fourth-order valence-corrected chi connectivity index (χ4v) is 2.02. The van der Waals surface area contributed by atoms with Gasteiger partial charge in [-0.25, -0.2) is 0 Å². The van der Waals surface area contributed by atoms with E-state index in [1.54, 1.807) is 0 Å². The highest BCUT2D eigenvalue weighted by atomic mass is 79.9. The van der Waals surface area contributed by atoms with Crippen LogP contribution in [0, 0.1) is 0 Å². The van der Waals surface area contributed by atoms with Gasteiger partial charge < -0.3 is 4.74 Å². The summed E-state index contributed by atoms with van der Waals surface area (Å²) in [6.45, 7) is 0. The topological polar surface area (TPSA) is 9.23 Å². The number of halogens is 7. The van der Waals surface area contributed by atoms with Crippen LogP contribution in [0.25, 0.3) is 0 Å². The third kappa shape index (κ3) is 3.09. The first-order chi connectivity index (χ1) is 8.11. The number of hydrogen-bond acceptors (Lipinski definition) is 1. The lowest BCUT2D eigenvalue weighted by atomic mass is 10.0. The molecule has 0 bridgehead atoms. The van der Waals surface area contributed by atoms with Gasteiger partial charge in [-0.1, -0.05) is 15.9 Å². The van der Waals surface area contributed by atoms with Crippen LogP contribution < -0.4 is 4.74 Å². The van der Waals surface area contributed by atoms with E-state index in [0.29, 0.717) is 12.1 Å². The molecule has 102 valence electrons. The SMILES string of the molecule is COc1cc(C(F)(F)F)c(CBr)c(C(F)(F)F)c1. The van der Waals surface area contributed by atoms with Crippen molar-refractivity contribution in [2.45, 2.75) is 17.7 Å². The zero-order chi connectivity index (χ0) is 14.1. The predicted molar refractivity (Wildman–Crippen MR) is 55.6 cm³/mol. The van der Waals surface area contributed by atoms with Crippen LogP contribution in [-0.2, 0) is 17.7 Å². The van der Waals surface area contributed by atoms with Crippen LogP contribution >= 0.6 is 15.9 Å². The first-order valence-electron chi connectivity index (χ1n) is 4.52. The average Bonchev–Trinajstić information content (AvgIpc) is 2.24. The largest absolute Gasteiger partial charge is 0.497 e. The van der Waals surface area contributed by atoms with Crippen LogP contribution in [0.3, 0.4) is 0 Å². The van der Waals surface area contributed by atoms with E-state index >= 15 is 0 Å². The van der Waals surface area contributed by atoms with Crippen molar-refractivity contribution in [3.8, 4) is 5.75 Å². The van der Waals surface area contributed by atoms with Gasteiger partial charge in [0.1, 0.15) is 5.75 Å². The summed E-state index contributed by atoms with van der Waals surface area (Å²) in [5.41, 5.74) is -3.56. The molecule has 18 heavy (non-hydrogen) atoms. The van der Waals surface area contributed by atoms with Gasteiger partial charge in [0.2, 0.25) is 0 Å². The summed E-state index contributed by atoms with van der Waals surface area (Å²) in [4.78, 5) is 0. The maximum absolute atomic E-state index is 12.7. The molecule has 0 radical (unpaired) electrons. The Morgan fingerprint density at radius 1 is 1.00 bits per heavy atom. The van der Waals surface area contributed by atoms with Crippen LogP contribution in [0.4, 0.5) is 26.3 Å². The Kier molecular flexibility index (Phi) is 4.19. The average molecular weight is 337 g/mol. The number of rotatable bonds is 2. The summed E-state index contributed by atoms with van der Waals surface area (Å²) in [7, 11) is 1.00. The lowest BCUT2D eigenvalue weighted by molar-refractivity contribution is -0.144. The minimum atomic E-state index is -4.88. The highest BCUT2D eigenvalue weighted by Crippen LogP contribution is 2.42. The molecule has 0 saturated carbocycles. The van der Waals surface area contributed by atoms with Gasteiger partial charge in [0.25, 0.3) is 0 Å². The number of methoxy groups -OCH3 is 1. The van der Waals surface area contributed by atoms with Gasteiger partial charge in [-0.2, -0.15) is 26.3 Å². The molecule has 1 nitrogen and oxygen atoms in total. The second-order valence-electron chi connectivity index (χ2n) is 3.33. The third-order valence-electron chi connectivity index (χ3n) is 2.20. The van der Waals surface area contributed by atoms with E-state index < -0.39 is 40.1 Å². The summed E-state index contributed by atoms with van der Waals surface area (Å²) in [5.74, 6) is -0.487. The Morgan fingerprint density at radius 2 is 1.39 bits per heavy atom. The first-order valence-corrected chi connectivity index (χ1v) is 5.64. The molecule has 8 heteroatoms. The van der Waals surface area contributed by atoms with Crippen molar-refractivity contribution in [2.24, 2.45) is 0 Å². The van der Waals surface area contributed by atoms with E-state index in [1.807, 2.05) is 0 Å². The standard InChI is InChI=1S/C10H7BrF6O/c1-18-5-2-7(9(12,13)14)6(4-11)8(3-5)10(15,16)17/h2-3H,4H2,1H3. The Bertz CT molecular complexity index is 402. The lowest BCUT2D eigenvalue weighted by Gasteiger charge is -2.18. The number of ether oxygens (including phenoxy) is 1. The zero-order valence-corrected chi connectivity index (χ0v) is 10.5.